The highest BCUT2D eigenvalue weighted by Crippen LogP contribution is 2.23. The maximum Gasteiger partial charge on any atom is 0.389 e. The van der Waals surface area contributed by atoms with Gasteiger partial charge in [-0.2, -0.15) is 13.2 Å². The zero-order chi connectivity index (χ0) is 13.3. The number of halogens is 3. The molecule has 0 aromatic heterocycles. The normalized spacial score (nSPS) is 21.2. The summed E-state index contributed by atoms with van der Waals surface area (Å²) in [5.41, 5.74) is 0. The third-order valence-corrected chi connectivity index (χ3v) is 3.05. The standard InChI is InChI=1S/C13H23F3O2/c14-13(15,16)9-5-2-1-3-6-10-17-12-8-4-7-11-18-12/h12H,1-11H2. The second-order valence-corrected chi connectivity index (χ2v) is 4.80. The third-order valence-electron chi connectivity index (χ3n) is 3.05. The third kappa shape index (κ3) is 8.75. The average molecular weight is 268 g/mol. The number of hydrogen-bond acceptors (Lipinski definition) is 2. The molecule has 1 aliphatic heterocycles. The zero-order valence-electron chi connectivity index (χ0n) is 10.8. The van der Waals surface area contributed by atoms with E-state index in [1.54, 1.807) is 0 Å². The number of unbranched alkanes of at least 4 members (excludes halogenated alkanes) is 4. The van der Waals surface area contributed by atoms with Crippen LogP contribution in [0, 0.1) is 0 Å². The predicted molar refractivity (Wildman–Crippen MR) is 63.3 cm³/mol. The van der Waals surface area contributed by atoms with Gasteiger partial charge >= 0.3 is 6.18 Å². The molecule has 0 bridgehead atoms. The van der Waals surface area contributed by atoms with Gasteiger partial charge in [-0.05, 0) is 32.1 Å². The van der Waals surface area contributed by atoms with E-state index in [0.29, 0.717) is 13.0 Å². The highest BCUT2D eigenvalue weighted by atomic mass is 19.4. The van der Waals surface area contributed by atoms with E-state index in [2.05, 4.69) is 0 Å². The molecule has 0 aromatic rings. The Morgan fingerprint density at radius 1 is 1.00 bits per heavy atom. The maximum atomic E-state index is 11.9. The Balaban J connectivity index is 1.81. The lowest BCUT2D eigenvalue weighted by molar-refractivity contribution is -0.162. The Labute approximate surface area is 107 Å². The van der Waals surface area contributed by atoms with E-state index in [1.165, 1.54) is 0 Å². The minimum atomic E-state index is -4.00. The van der Waals surface area contributed by atoms with Gasteiger partial charge in [-0.3, -0.25) is 0 Å². The van der Waals surface area contributed by atoms with Crippen molar-refractivity contribution in [2.75, 3.05) is 13.2 Å². The monoisotopic (exact) mass is 268 g/mol. The van der Waals surface area contributed by atoms with E-state index in [0.717, 1.165) is 45.1 Å². The zero-order valence-corrected chi connectivity index (χ0v) is 10.8. The summed E-state index contributed by atoms with van der Waals surface area (Å²) in [4.78, 5) is 0. The van der Waals surface area contributed by atoms with Crippen LogP contribution in [0.25, 0.3) is 0 Å². The van der Waals surface area contributed by atoms with E-state index in [-0.39, 0.29) is 12.7 Å². The molecule has 18 heavy (non-hydrogen) atoms. The molecule has 1 heterocycles. The van der Waals surface area contributed by atoms with Crippen molar-refractivity contribution in [1.82, 2.24) is 0 Å². The Morgan fingerprint density at radius 3 is 2.39 bits per heavy atom. The Kier molecular flexibility index (Phi) is 7.66. The van der Waals surface area contributed by atoms with Gasteiger partial charge in [0.15, 0.2) is 6.29 Å². The molecule has 2 nitrogen and oxygen atoms in total. The van der Waals surface area contributed by atoms with Gasteiger partial charge in [-0.15, -0.1) is 0 Å². The highest BCUT2D eigenvalue weighted by Gasteiger charge is 2.25. The highest BCUT2D eigenvalue weighted by molar-refractivity contribution is 4.55. The number of hydrogen-bond donors (Lipinski definition) is 0. The summed E-state index contributed by atoms with van der Waals surface area (Å²) >= 11 is 0. The molecular weight excluding hydrogens is 245 g/mol. The molecule has 0 saturated carbocycles. The van der Waals surface area contributed by atoms with Gasteiger partial charge in [0.2, 0.25) is 0 Å². The van der Waals surface area contributed by atoms with Gasteiger partial charge in [0.1, 0.15) is 0 Å². The maximum absolute atomic E-state index is 11.9. The smallest absolute Gasteiger partial charge is 0.353 e. The van der Waals surface area contributed by atoms with Gasteiger partial charge in [-0.1, -0.05) is 19.3 Å². The number of ether oxygens (including phenoxy) is 2. The van der Waals surface area contributed by atoms with Gasteiger partial charge < -0.3 is 9.47 Å². The fourth-order valence-corrected chi connectivity index (χ4v) is 2.02. The number of rotatable bonds is 8. The van der Waals surface area contributed by atoms with Crippen LogP contribution in [0.2, 0.25) is 0 Å². The first-order valence-electron chi connectivity index (χ1n) is 6.88. The van der Waals surface area contributed by atoms with Crippen LogP contribution in [0.15, 0.2) is 0 Å². The van der Waals surface area contributed by atoms with Crippen molar-refractivity contribution in [2.24, 2.45) is 0 Å². The molecule has 1 aliphatic rings. The first-order valence-corrected chi connectivity index (χ1v) is 6.88. The van der Waals surface area contributed by atoms with E-state index in [4.69, 9.17) is 9.47 Å². The van der Waals surface area contributed by atoms with Crippen LogP contribution in [0.4, 0.5) is 13.2 Å². The first kappa shape index (κ1) is 15.8. The fraction of sp³-hybridized carbons (Fsp3) is 1.00. The van der Waals surface area contributed by atoms with Gasteiger partial charge in [0, 0.05) is 19.6 Å². The summed E-state index contributed by atoms with van der Waals surface area (Å²) in [5.74, 6) is 0. The largest absolute Gasteiger partial charge is 0.389 e. The van der Waals surface area contributed by atoms with Crippen LogP contribution in [0.1, 0.15) is 57.8 Å². The topological polar surface area (TPSA) is 18.5 Å². The van der Waals surface area contributed by atoms with Crippen LogP contribution in [-0.2, 0) is 9.47 Å². The van der Waals surface area contributed by atoms with E-state index in [1.807, 2.05) is 0 Å². The molecule has 0 aliphatic carbocycles. The van der Waals surface area contributed by atoms with E-state index < -0.39 is 12.6 Å². The molecule has 0 aromatic carbocycles. The van der Waals surface area contributed by atoms with Crippen molar-refractivity contribution in [2.45, 2.75) is 70.3 Å². The molecule has 108 valence electrons. The minimum absolute atomic E-state index is 0.0519. The second-order valence-electron chi connectivity index (χ2n) is 4.80. The van der Waals surface area contributed by atoms with Crippen molar-refractivity contribution in [3.63, 3.8) is 0 Å². The van der Waals surface area contributed by atoms with Crippen molar-refractivity contribution in [3.05, 3.63) is 0 Å². The lowest BCUT2D eigenvalue weighted by Gasteiger charge is -2.22. The molecule has 0 N–H and O–H groups in total. The molecule has 0 amide bonds. The van der Waals surface area contributed by atoms with Crippen molar-refractivity contribution in [3.8, 4) is 0 Å². The number of alkyl halides is 3. The summed E-state index contributed by atoms with van der Waals surface area (Å²) in [6, 6.07) is 0. The van der Waals surface area contributed by atoms with Crippen LogP contribution in [0.5, 0.6) is 0 Å². The second kappa shape index (κ2) is 8.75. The molecule has 1 saturated heterocycles. The molecule has 0 spiro atoms. The fourth-order valence-electron chi connectivity index (χ4n) is 2.02. The molecule has 1 fully saturated rings. The molecule has 1 atom stereocenters. The van der Waals surface area contributed by atoms with Crippen molar-refractivity contribution >= 4 is 0 Å². The van der Waals surface area contributed by atoms with Gasteiger partial charge in [-0.25, -0.2) is 0 Å². The lowest BCUT2D eigenvalue weighted by atomic mass is 10.1. The molecule has 5 heteroatoms. The van der Waals surface area contributed by atoms with Crippen molar-refractivity contribution in [1.29, 1.82) is 0 Å². The summed E-state index contributed by atoms with van der Waals surface area (Å²) in [7, 11) is 0. The molecule has 0 radical (unpaired) electrons. The summed E-state index contributed by atoms with van der Waals surface area (Å²) in [6.45, 7) is 1.44. The predicted octanol–water partition coefficient (Wildman–Crippen LogP) is 4.43. The van der Waals surface area contributed by atoms with Crippen LogP contribution in [-0.4, -0.2) is 25.7 Å². The summed E-state index contributed by atoms with van der Waals surface area (Å²) in [6.07, 6.45) is 2.12. The van der Waals surface area contributed by atoms with Crippen molar-refractivity contribution < 1.29 is 22.6 Å². The molecule has 1 unspecified atom stereocenters. The minimum Gasteiger partial charge on any atom is -0.353 e. The van der Waals surface area contributed by atoms with Crippen LogP contribution in [0.3, 0.4) is 0 Å². The Bertz CT molecular complexity index is 201. The van der Waals surface area contributed by atoms with Gasteiger partial charge in [0.25, 0.3) is 0 Å². The quantitative estimate of drug-likeness (QED) is 0.606. The average Bonchev–Trinajstić information content (AvgIpc) is 2.32. The SMILES string of the molecule is FC(F)(F)CCCCCCCOC1CCCCO1. The summed E-state index contributed by atoms with van der Waals surface area (Å²) in [5, 5.41) is 0. The van der Waals surface area contributed by atoms with E-state index in [9.17, 15) is 13.2 Å². The van der Waals surface area contributed by atoms with E-state index >= 15 is 0 Å². The first-order chi connectivity index (χ1) is 8.58. The van der Waals surface area contributed by atoms with Crippen LogP contribution < -0.4 is 0 Å². The Morgan fingerprint density at radius 2 is 1.72 bits per heavy atom. The van der Waals surface area contributed by atoms with Gasteiger partial charge in [0.05, 0.1) is 0 Å². The molecule has 1 rings (SSSR count). The lowest BCUT2D eigenvalue weighted by Crippen LogP contribution is -2.22. The van der Waals surface area contributed by atoms with Crippen LogP contribution >= 0.6 is 0 Å². The Hall–Kier alpha value is -0.290. The summed E-state index contributed by atoms with van der Waals surface area (Å²) < 4.78 is 46.5. The molecular formula is C13H23F3O2.